The minimum absolute atomic E-state index is 0.0278. The highest BCUT2D eigenvalue weighted by Crippen LogP contribution is 2.28. The predicted molar refractivity (Wildman–Crippen MR) is 122 cm³/mol. The molecule has 0 amide bonds. The lowest BCUT2D eigenvalue weighted by atomic mass is 10.2. The van der Waals surface area contributed by atoms with E-state index in [1.165, 1.54) is 16.8 Å². The maximum atomic E-state index is 13.6. The molecule has 3 rings (SSSR count). The number of aldehydes is 1. The Hall–Kier alpha value is -2.75. The maximum absolute atomic E-state index is 13.6. The molecule has 0 unspecified atom stereocenters. The Balaban J connectivity index is 0.000000614. The summed E-state index contributed by atoms with van der Waals surface area (Å²) >= 11 is 12.0. The predicted octanol–water partition coefficient (Wildman–Crippen LogP) is 4.29. The van der Waals surface area contributed by atoms with Gasteiger partial charge >= 0.3 is 0 Å². The summed E-state index contributed by atoms with van der Waals surface area (Å²) in [6.07, 6.45) is 5.52. The number of halogens is 3. The molecule has 0 saturated heterocycles. The molecule has 166 valence electrons. The zero-order valence-electron chi connectivity index (χ0n) is 17.4. The van der Waals surface area contributed by atoms with Gasteiger partial charge in [0.05, 0.1) is 23.5 Å². The van der Waals surface area contributed by atoms with Gasteiger partial charge in [-0.15, -0.1) is 0 Å². The first-order valence-corrected chi connectivity index (χ1v) is 10.2. The van der Waals surface area contributed by atoms with Gasteiger partial charge in [-0.25, -0.2) is 9.37 Å². The molecule has 3 N–H and O–H groups in total. The lowest BCUT2D eigenvalue weighted by molar-refractivity contribution is -0.108. The zero-order chi connectivity index (χ0) is 22.8. The summed E-state index contributed by atoms with van der Waals surface area (Å²) < 4.78 is 15.0. The van der Waals surface area contributed by atoms with E-state index in [0.29, 0.717) is 34.1 Å². The lowest BCUT2D eigenvalue weighted by Gasteiger charge is -2.10. The monoisotopic (exact) mass is 467 g/mol. The van der Waals surface area contributed by atoms with Crippen LogP contribution in [0.15, 0.2) is 36.8 Å². The van der Waals surface area contributed by atoms with Gasteiger partial charge in [0.25, 0.3) is 0 Å². The Morgan fingerprint density at radius 2 is 2.00 bits per heavy atom. The summed E-state index contributed by atoms with van der Waals surface area (Å²) in [5.41, 5.74) is 1.08. The van der Waals surface area contributed by atoms with Gasteiger partial charge in [-0.1, -0.05) is 37.0 Å². The first-order valence-electron chi connectivity index (χ1n) is 9.43. The molecular weight excluding hydrogens is 444 g/mol. The molecular formula is C20H24Cl2FN7O. The van der Waals surface area contributed by atoms with Gasteiger partial charge in [0.1, 0.15) is 17.9 Å². The van der Waals surface area contributed by atoms with Crippen LogP contribution in [-0.2, 0) is 17.9 Å². The molecule has 0 aliphatic carbocycles. The second-order valence-electron chi connectivity index (χ2n) is 6.63. The van der Waals surface area contributed by atoms with Crippen LogP contribution in [0.3, 0.4) is 0 Å². The van der Waals surface area contributed by atoms with Crippen molar-refractivity contribution in [2.45, 2.75) is 33.0 Å². The molecule has 11 heteroatoms. The Labute approximate surface area is 190 Å². The fraction of sp³-hybridized carbons (Fsp3) is 0.300. The number of rotatable bonds is 8. The van der Waals surface area contributed by atoms with Crippen molar-refractivity contribution in [3.63, 3.8) is 0 Å². The highest BCUT2D eigenvalue weighted by molar-refractivity contribution is 6.36. The van der Waals surface area contributed by atoms with E-state index in [-0.39, 0.29) is 18.1 Å². The molecule has 8 nitrogen and oxygen atoms in total. The van der Waals surface area contributed by atoms with E-state index in [1.807, 2.05) is 7.05 Å². The molecule has 0 aliphatic rings. The quantitative estimate of drug-likeness (QED) is 0.335. The molecule has 0 radical (unpaired) electrons. The molecule has 0 fully saturated rings. The van der Waals surface area contributed by atoms with Gasteiger partial charge in [-0.05, 0) is 25.2 Å². The molecule has 0 bridgehead atoms. The number of hydrogen-bond donors (Lipinski definition) is 3. The number of carbonyl (C=O) groups is 1. The van der Waals surface area contributed by atoms with Crippen LogP contribution >= 0.6 is 23.2 Å². The van der Waals surface area contributed by atoms with Crippen molar-refractivity contribution in [2.75, 3.05) is 17.7 Å². The fourth-order valence-corrected chi connectivity index (χ4v) is 2.67. The van der Waals surface area contributed by atoms with Crippen LogP contribution in [0.1, 0.15) is 19.4 Å². The van der Waals surface area contributed by atoms with Gasteiger partial charge in [-0.2, -0.15) is 10.1 Å². The number of anilines is 3. The number of carbonyl (C=O) groups excluding carboxylic acids is 1. The minimum Gasteiger partial charge on any atom is -0.366 e. The molecule has 3 aromatic rings. The number of benzene rings is 1. The van der Waals surface area contributed by atoms with Crippen LogP contribution in [-0.4, -0.2) is 39.1 Å². The minimum atomic E-state index is -0.537. The SMILES string of the molecule is CNC(C)C.O=CCn1cc(Nc2nccc(NCc3c(Cl)ccc(F)c3Cl)n2)cn1. The summed E-state index contributed by atoms with van der Waals surface area (Å²) in [5, 5.41) is 13.4. The summed E-state index contributed by atoms with van der Waals surface area (Å²) in [7, 11) is 1.95. The molecule has 2 heterocycles. The molecule has 0 atom stereocenters. The molecule has 1 aromatic carbocycles. The standard InChI is InChI=1S/C16H13Cl2FN6O.C4H11N/c17-12-1-2-13(19)15(18)11(12)8-21-14-3-4-20-16(24-14)23-10-7-22-25(9-10)5-6-26;1-4(2)5-3/h1-4,6-7,9H,5,8H2,(H2,20,21,23,24);4-5H,1-3H3. The van der Waals surface area contributed by atoms with Crippen molar-refractivity contribution >= 4 is 46.9 Å². The first kappa shape index (κ1) is 24.5. The van der Waals surface area contributed by atoms with E-state index in [0.717, 1.165) is 6.29 Å². The zero-order valence-corrected chi connectivity index (χ0v) is 18.9. The lowest BCUT2D eigenvalue weighted by Crippen LogP contribution is -2.15. The molecule has 2 aromatic heterocycles. The van der Waals surface area contributed by atoms with Gasteiger partial charge in [0.15, 0.2) is 0 Å². The van der Waals surface area contributed by atoms with Crippen molar-refractivity contribution < 1.29 is 9.18 Å². The molecule has 0 aliphatic heterocycles. The van der Waals surface area contributed by atoms with Gasteiger partial charge in [0.2, 0.25) is 5.95 Å². The summed E-state index contributed by atoms with van der Waals surface area (Å²) in [4.78, 5) is 18.9. The van der Waals surface area contributed by atoms with E-state index < -0.39 is 5.82 Å². The summed E-state index contributed by atoms with van der Waals surface area (Å²) in [6.45, 7) is 4.59. The number of aromatic nitrogens is 4. The van der Waals surface area contributed by atoms with Crippen molar-refractivity contribution in [2.24, 2.45) is 0 Å². The Morgan fingerprint density at radius 3 is 2.68 bits per heavy atom. The Bertz CT molecular complexity index is 997. The third kappa shape index (κ3) is 7.78. The van der Waals surface area contributed by atoms with E-state index in [2.05, 4.69) is 44.9 Å². The van der Waals surface area contributed by atoms with Crippen molar-refractivity contribution in [3.8, 4) is 0 Å². The van der Waals surface area contributed by atoms with Crippen LogP contribution in [0.4, 0.5) is 21.8 Å². The molecule has 31 heavy (non-hydrogen) atoms. The average molecular weight is 468 g/mol. The highest BCUT2D eigenvalue weighted by Gasteiger charge is 2.11. The topological polar surface area (TPSA) is 96.8 Å². The van der Waals surface area contributed by atoms with Crippen LogP contribution < -0.4 is 16.0 Å². The van der Waals surface area contributed by atoms with Crippen molar-refractivity contribution in [1.82, 2.24) is 25.1 Å². The van der Waals surface area contributed by atoms with E-state index in [1.54, 1.807) is 24.7 Å². The van der Waals surface area contributed by atoms with Crippen molar-refractivity contribution in [3.05, 3.63) is 58.2 Å². The Kier molecular flexibility index (Phi) is 9.64. The summed E-state index contributed by atoms with van der Waals surface area (Å²) in [6, 6.07) is 4.95. The van der Waals surface area contributed by atoms with Gasteiger partial charge in [-0.3, -0.25) is 4.68 Å². The van der Waals surface area contributed by atoms with Crippen LogP contribution in [0, 0.1) is 5.82 Å². The van der Waals surface area contributed by atoms with Crippen LogP contribution in [0.5, 0.6) is 0 Å². The van der Waals surface area contributed by atoms with E-state index in [9.17, 15) is 9.18 Å². The smallest absolute Gasteiger partial charge is 0.229 e. The van der Waals surface area contributed by atoms with Crippen molar-refractivity contribution in [1.29, 1.82) is 0 Å². The number of hydrogen-bond acceptors (Lipinski definition) is 7. The van der Waals surface area contributed by atoms with Crippen LogP contribution in [0.2, 0.25) is 10.0 Å². The van der Waals surface area contributed by atoms with Gasteiger partial charge in [0, 0.05) is 35.6 Å². The summed E-state index contributed by atoms with van der Waals surface area (Å²) in [5.74, 6) is 0.293. The Morgan fingerprint density at radius 1 is 1.26 bits per heavy atom. The average Bonchev–Trinajstić information content (AvgIpc) is 3.18. The highest BCUT2D eigenvalue weighted by atomic mass is 35.5. The number of nitrogens with one attached hydrogen (secondary N) is 3. The fourth-order valence-electron chi connectivity index (χ4n) is 2.16. The largest absolute Gasteiger partial charge is 0.366 e. The second kappa shape index (κ2) is 12.2. The van der Waals surface area contributed by atoms with Gasteiger partial charge < -0.3 is 20.7 Å². The molecule has 0 saturated carbocycles. The maximum Gasteiger partial charge on any atom is 0.229 e. The third-order valence-electron chi connectivity index (χ3n) is 3.97. The van der Waals surface area contributed by atoms with E-state index >= 15 is 0 Å². The molecule has 0 spiro atoms. The second-order valence-corrected chi connectivity index (χ2v) is 7.41. The first-order chi connectivity index (χ1) is 14.8. The normalized spacial score (nSPS) is 10.4. The van der Waals surface area contributed by atoms with Crippen LogP contribution in [0.25, 0.3) is 0 Å². The van der Waals surface area contributed by atoms with E-state index in [4.69, 9.17) is 23.2 Å². The number of nitrogens with zero attached hydrogens (tertiary/aromatic N) is 4. The third-order valence-corrected chi connectivity index (χ3v) is 4.73.